The maximum Gasteiger partial charge on any atom is 0.334 e. The number of rotatable bonds is 11. The van der Waals surface area contributed by atoms with Crippen LogP contribution in [0, 0.1) is 10.1 Å². The second kappa shape index (κ2) is 12.4. The molecule has 2 aromatic carbocycles. The standard InChI is InChI=1S/C31H40N2O7Si2/c1-9-31(23-11-10-12-24(19-23)33(38)39)26(28(34)35)20(2)32(21(3)27(31)29(36)37)18-17-22-13-15-25(16-14-22)42(7,8)40-41-30(4,5)6/h10-16,19H,9,17-18H2,1-8H3,(H,34,35)(H,36,37). The van der Waals surface area contributed by atoms with E-state index in [1.165, 1.54) is 23.4 Å². The van der Waals surface area contributed by atoms with Crippen molar-refractivity contribution in [1.82, 2.24) is 4.90 Å². The summed E-state index contributed by atoms with van der Waals surface area (Å²) in [7, 11) is -1.68. The van der Waals surface area contributed by atoms with E-state index < -0.39 is 30.6 Å². The summed E-state index contributed by atoms with van der Waals surface area (Å²) in [5.41, 5.74) is 0.152. The Morgan fingerprint density at radius 1 is 1.02 bits per heavy atom. The molecule has 1 heterocycles. The first kappa shape index (κ1) is 33.0. The third-order valence-electron chi connectivity index (χ3n) is 7.78. The van der Waals surface area contributed by atoms with Gasteiger partial charge < -0.3 is 19.2 Å². The van der Waals surface area contributed by atoms with Crippen molar-refractivity contribution in [2.24, 2.45) is 0 Å². The molecule has 42 heavy (non-hydrogen) atoms. The summed E-state index contributed by atoms with van der Waals surface area (Å²) in [5, 5.41) is 33.8. The number of nitro groups is 1. The van der Waals surface area contributed by atoms with Crippen molar-refractivity contribution in [1.29, 1.82) is 0 Å². The summed E-state index contributed by atoms with van der Waals surface area (Å²) in [6, 6.07) is 13.9. The molecule has 0 bridgehead atoms. The van der Waals surface area contributed by atoms with Gasteiger partial charge in [-0.1, -0.05) is 64.1 Å². The molecule has 0 saturated heterocycles. The minimum absolute atomic E-state index is 0.0894. The van der Waals surface area contributed by atoms with Crippen LogP contribution < -0.4 is 5.19 Å². The minimum Gasteiger partial charge on any atom is -0.478 e. The molecule has 2 aromatic rings. The number of non-ortho nitro benzene ring substituents is 1. The van der Waals surface area contributed by atoms with E-state index in [0.29, 0.717) is 34.1 Å². The van der Waals surface area contributed by atoms with E-state index in [2.05, 4.69) is 46.0 Å². The van der Waals surface area contributed by atoms with E-state index >= 15 is 0 Å². The summed E-state index contributed by atoms with van der Waals surface area (Å²) < 4.78 is 6.36. The van der Waals surface area contributed by atoms with Crippen LogP contribution in [0.3, 0.4) is 0 Å². The number of hydrogen-bond acceptors (Lipinski definition) is 6. The topological polar surface area (TPSA) is 130 Å². The fourth-order valence-corrected chi connectivity index (χ4v) is 9.34. The summed E-state index contributed by atoms with van der Waals surface area (Å²) in [4.78, 5) is 38.4. The molecule has 224 valence electrons. The largest absolute Gasteiger partial charge is 0.478 e. The van der Waals surface area contributed by atoms with Crippen LogP contribution in [0.5, 0.6) is 0 Å². The van der Waals surface area contributed by atoms with Crippen molar-refractivity contribution in [3.8, 4) is 0 Å². The van der Waals surface area contributed by atoms with Gasteiger partial charge in [0.25, 0.3) is 5.69 Å². The van der Waals surface area contributed by atoms with Gasteiger partial charge in [0.1, 0.15) is 0 Å². The van der Waals surface area contributed by atoms with E-state index in [4.69, 9.17) is 4.12 Å². The first-order chi connectivity index (χ1) is 19.5. The van der Waals surface area contributed by atoms with Crippen molar-refractivity contribution < 1.29 is 28.8 Å². The summed E-state index contributed by atoms with van der Waals surface area (Å²) in [5.74, 6) is -2.52. The molecule has 0 fully saturated rings. The van der Waals surface area contributed by atoms with Gasteiger partial charge in [-0.15, -0.1) is 0 Å². The van der Waals surface area contributed by atoms with Crippen LogP contribution in [-0.4, -0.2) is 56.6 Å². The Bertz CT molecular complexity index is 1400. The van der Waals surface area contributed by atoms with Gasteiger partial charge in [0, 0.05) is 30.1 Å². The van der Waals surface area contributed by atoms with Gasteiger partial charge in [-0.25, -0.2) is 9.59 Å². The lowest BCUT2D eigenvalue weighted by Crippen LogP contribution is -2.46. The van der Waals surface area contributed by atoms with E-state index in [1.54, 1.807) is 31.7 Å². The summed E-state index contributed by atoms with van der Waals surface area (Å²) >= 11 is 0. The smallest absolute Gasteiger partial charge is 0.334 e. The molecule has 0 atom stereocenters. The quantitative estimate of drug-likeness (QED) is 0.186. The molecule has 0 amide bonds. The van der Waals surface area contributed by atoms with Crippen LogP contribution >= 0.6 is 0 Å². The van der Waals surface area contributed by atoms with Gasteiger partial charge in [-0.05, 0) is 61.1 Å². The Labute approximate surface area is 251 Å². The Kier molecular flexibility index (Phi) is 9.70. The molecule has 11 heteroatoms. The van der Waals surface area contributed by atoms with E-state index in [9.17, 15) is 29.9 Å². The Balaban J connectivity index is 2.01. The molecule has 1 aliphatic rings. The van der Waals surface area contributed by atoms with Crippen LogP contribution in [-0.2, 0) is 25.5 Å². The van der Waals surface area contributed by atoms with Gasteiger partial charge >= 0.3 is 11.9 Å². The third kappa shape index (κ3) is 6.58. The lowest BCUT2D eigenvalue weighted by molar-refractivity contribution is -0.385. The molecule has 0 saturated carbocycles. The van der Waals surface area contributed by atoms with Crippen LogP contribution in [0.4, 0.5) is 5.69 Å². The van der Waals surface area contributed by atoms with Crippen molar-refractivity contribution in [3.05, 3.63) is 92.3 Å². The van der Waals surface area contributed by atoms with Gasteiger partial charge in [-0.3, -0.25) is 10.1 Å². The molecule has 0 aromatic heterocycles. The third-order valence-corrected chi connectivity index (χ3v) is 12.6. The molecule has 2 N–H and O–H groups in total. The number of nitro benzene ring substituents is 1. The SMILES string of the molecule is CCC1(c2cccc([N+](=O)[O-])c2)C(C(=O)O)=C(C)N(CCc2ccc([Si](C)(C)O[Si]C(C)(C)C)cc2)C(C)=C1C(=O)O. The Morgan fingerprint density at radius 2 is 1.57 bits per heavy atom. The molecule has 2 radical (unpaired) electrons. The molecule has 1 aliphatic heterocycles. The zero-order chi connectivity index (χ0) is 31.6. The minimum atomic E-state index is -2.08. The predicted molar refractivity (Wildman–Crippen MR) is 166 cm³/mol. The number of carbonyl (C=O) groups is 2. The lowest BCUT2D eigenvalue weighted by Gasteiger charge is -2.44. The van der Waals surface area contributed by atoms with Crippen LogP contribution in [0.15, 0.2) is 71.1 Å². The summed E-state index contributed by atoms with van der Waals surface area (Å²) in [6.07, 6.45) is 0.649. The average Bonchev–Trinajstić information content (AvgIpc) is 2.90. The highest BCUT2D eigenvalue weighted by atomic mass is 28.4. The van der Waals surface area contributed by atoms with Crippen LogP contribution in [0.2, 0.25) is 18.1 Å². The molecule has 0 spiro atoms. The van der Waals surface area contributed by atoms with Crippen LogP contribution in [0.1, 0.15) is 59.1 Å². The monoisotopic (exact) mass is 608 g/mol. The first-order valence-corrected chi connectivity index (χ1v) is 17.7. The molecule has 0 unspecified atom stereocenters. The van der Waals surface area contributed by atoms with Gasteiger partial charge in [0.2, 0.25) is 18.1 Å². The van der Waals surface area contributed by atoms with Gasteiger partial charge in [0.15, 0.2) is 0 Å². The van der Waals surface area contributed by atoms with E-state index in [0.717, 1.165) is 5.56 Å². The maximum atomic E-state index is 12.8. The fourth-order valence-electron chi connectivity index (χ4n) is 5.66. The first-order valence-electron chi connectivity index (χ1n) is 13.9. The van der Waals surface area contributed by atoms with Crippen molar-refractivity contribution in [2.45, 2.75) is 77.9 Å². The Hall–Kier alpha value is -3.55. The second-order valence-electron chi connectivity index (χ2n) is 12.2. The van der Waals surface area contributed by atoms with Gasteiger partial charge in [0.05, 0.1) is 21.5 Å². The normalized spacial score (nSPS) is 15.7. The van der Waals surface area contributed by atoms with Crippen molar-refractivity contribution >= 4 is 40.9 Å². The predicted octanol–water partition coefficient (Wildman–Crippen LogP) is 5.78. The van der Waals surface area contributed by atoms with Crippen LogP contribution in [0.25, 0.3) is 0 Å². The number of allylic oxidation sites excluding steroid dienone is 2. The molecular weight excluding hydrogens is 569 g/mol. The molecule has 3 rings (SSSR count). The number of hydrogen-bond donors (Lipinski definition) is 2. The second-order valence-corrected chi connectivity index (χ2v) is 18.3. The van der Waals surface area contributed by atoms with E-state index in [1.807, 2.05) is 12.1 Å². The lowest BCUT2D eigenvalue weighted by atomic mass is 9.63. The molecular formula is C31H40N2O7Si2. The number of benzene rings is 2. The number of aliphatic carboxylic acids is 2. The fraction of sp³-hybridized carbons (Fsp3) is 0.419. The number of carboxylic acids is 2. The summed E-state index contributed by atoms with van der Waals surface area (Å²) in [6.45, 7) is 16.3. The van der Waals surface area contributed by atoms with Crippen molar-refractivity contribution in [2.75, 3.05) is 6.54 Å². The average molecular weight is 609 g/mol. The zero-order valence-corrected chi connectivity index (χ0v) is 27.6. The maximum absolute atomic E-state index is 12.8. The zero-order valence-electron chi connectivity index (χ0n) is 25.6. The van der Waals surface area contributed by atoms with Gasteiger partial charge in [-0.2, -0.15) is 0 Å². The highest BCUT2D eigenvalue weighted by molar-refractivity contribution is 6.87. The Morgan fingerprint density at radius 3 is 2.02 bits per heavy atom. The molecule has 0 aliphatic carbocycles. The van der Waals surface area contributed by atoms with E-state index in [-0.39, 0.29) is 33.9 Å². The highest BCUT2D eigenvalue weighted by Crippen LogP contribution is 2.50. The molecule has 9 nitrogen and oxygen atoms in total. The number of carboxylic acid groups (broad SMARTS) is 2. The number of nitrogens with zero attached hydrogens (tertiary/aromatic N) is 2. The van der Waals surface area contributed by atoms with Crippen molar-refractivity contribution in [3.63, 3.8) is 0 Å². The highest BCUT2D eigenvalue weighted by Gasteiger charge is 2.51.